The molecule has 2 N–H and O–H groups in total. The summed E-state index contributed by atoms with van der Waals surface area (Å²) in [6.07, 6.45) is 7.94. The van der Waals surface area contributed by atoms with Crippen LogP contribution in [0.3, 0.4) is 0 Å². The fourth-order valence-corrected chi connectivity index (χ4v) is 10.4. The lowest BCUT2D eigenvalue weighted by Crippen LogP contribution is -2.60. The highest BCUT2D eigenvalue weighted by atomic mass is 16.7. The van der Waals surface area contributed by atoms with E-state index in [0.717, 1.165) is 38.5 Å². The molecule has 0 aromatic rings. The van der Waals surface area contributed by atoms with Crippen molar-refractivity contribution in [1.82, 2.24) is 0 Å². The van der Waals surface area contributed by atoms with E-state index >= 15 is 0 Å². The standard InChI is InChI=1S/C28H40O6/c1-14(19-13-25(3)27(5,34-25)23(31)32-19)22-18(29)12-17-15-11-21-28(33-21)9-6-7-20(30)26(28,4)16(15)8-10-24(17,22)2/h6-7,14-19,21-23,29,31H,8-13H2,1-5H3/t14-,15-,16+,17+,18-,19?,21+,22-,23-,24+,25+,26+,27-,28+/m1/s1. The third kappa shape index (κ3) is 2.35. The Kier molecular flexibility index (Phi) is 4.20. The van der Waals surface area contributed by atoms with Crippen molar-refractivity contribution in [1.29, 1.82) is 0 Å². The molecular weight excluding hydrogens is 432 g/mol. The van der Waals surface area contributed by atoms with Gasteiger partial charge in [0.15, 0.2) is 12.1 Å². The molecule has 0 amide bonds. The molecule has 7 aliphatic rings. The highest BCUT2D eigenvalue weighted by Crippen LogP contribution is 2.73. The second-order valence-corrected chi connectivity index (χ2v) is 13.7. The van der Waals surface area contributed by atoms with E-state index in [0.29, 0.717) is 17.8 Å². The van der Waals surface area contributed by atoms with Gasteiger partial charge in [-0.3, -0.25) is 4.79 Å². The maximum absolute atomic E-state index is 13.3. The second kappa shape index (κ2) is 6.36. The van der Waals surface area contributed by atoms with Crippen LogP contribution in [0.4, 0.5) is 0 Å². The van der Waals surface area contributed by atoms with E-state index < -0.39 is 23.4 Å². The van der Waals surface area contributed by atoms with E-state index in [1.54, 1.807) is 6.08 Å². The van der Waals surface area contributed by atoms with Crippen molar-refractivity contribution in [2.45, 2.75) is 115 Å². The summed E-state index contributed by atoms with van der Waals surface area (Å²) in [7, 11) is 0. The van der Waals surface area contributed by atoms with Crippen LogP contribution in [0, 0.1) is 40.4 Å². The van der Waals surface area contributed by atoms with Gasteiger partial charge in [0.05, 0.1) is 23.7 Å². The molecule has 0 aromatic heterocycles. The average Bonchev–Trinajstić information content (AvgIpc) is 3.59. The molecule has 4 aliphatic carbocycles. The van der Waals surface area contributed by atoms with Crippen LogP contribution in [0.15, 0.2) is 12.2 Å². The van der Waals surface area contributed by atoms with Crippen LogP contribution in [-0.2, 0) is 19.0 Å². The Hall–Kier alpha value is -0.790. The van der Waals surface area contributed by atoms with Gasteiger partial charge in [-0.25, -0.2) is 0 Å². The summed E-state index contributed by atoms with van der Waals surface area (Å²) in [5.74, 6) is 1.54. The molecule has 1 spiro atoms. The Balaban J connectivity index is 1.18. The number of aliphatic hydroxyl groups is 2. The first-order valence-electron chi connectivity index (χ1n) is 13.5. The third-order valence-electron chi connectivity index (χ3n) is 12.6. The van der Waals surface area contributed by atoms with E-state index in [1.807, 2.05) is 13.0 Å². The van der Waals surface area contributed by atoms with E-state index in [-0.39, 0.29) is 46.4 Å². The first-order valence-corrected chi connectivity index (χ1v) is 13.5. The number of rotatable bonds is 2. The van der Waals surface area contributed by atoms with E-state index in [9.17, 15) is 15.0 Å². The number of epoxide rings is 2. The summed E-state index contributed by atoms with van der Waals surface area (Å²) in [5.41, 5.74) is -1.71. The molecule has 14 atom stereocenters. The predicted molar refractivity (Wildman–Crippen MR) is 124 cm³/mol. The minimum atomic E-state index is -0.930. The second-order valence-electron chi connectivity index (χ2n) is 13.7. The predicted octanol–water partition coefficient (Wildman–Crippen LogP) is 3.38. The van der Waals surface area contributed by atoms with Crippen LogP contribution in [0.5, 0.6) is 0 Å². The van der Waals surface area contributed by atoms with Crippen molar-refractivity contribution in [3.63, 3.8) is 0 Å². The first kappa shape index (κ1) is 22.4. The normalized spacial score (nSPS) is 64.3. The molecule has 3 saturated carbocycles. The Morgan fingerprint density at radius 3 is 2.62 bits per heavy atom. The molecule has 6 nitrogen and oxygen atoms in total. The van der Waals surface area contributed by atoms with Gasteiger partial charge in [0, 0.05) is 6.42 Å². The highest BCUT2D eigenvalue weighted by molar-refractivity contribution is 5.97. The first-order chi connectivity index (χ1) is 15.9. The summed E-state index contributed by atoms with van der Waals surface area (Å²) in [6, 6.07) is 0. The smallest absolute Gasteiger partial charge is 0.186 e. The van der Waals surface area contributed by atoms with Gasteiger partial charge >= 0.3 is 0 Å². The van der Waals surface area contributed by atoms with Crippen molar-refractivity contribution < 1.29 is 29.2 Å². The maximum Gasteiger partial charge on any atom is 0.186 e. The van der Waals surface area contributed by atoms with E-state index in [1.165, 1.54) is 0 Å². The van der Waals surface area contributed by atoms with Gasteiger partial charge in [0.25, 0.3) is 0 Å². The lowest BCUT2D eigenvalue weighted by molar-refractivity contribution is -0.206. The van der Waals surface area contributed by atoms with Gasteiger partial charge in [-0.1, -0.05) is 19.9 Å². The number of carbonyl (C=O) groups is 1. The molecule has 3 aliphatic heterocycles. The quantitative estimate of drug-likeness (QED) is 0.599. The fraction of sp³-hybridized carbons (Fsp3) is 0.893. The average molecular weight is 473 g/mol. The van der Waals surface area contributed by atoms with E-state index in [2.05, 4.69) is 27.7 Å². The number of hydrogen-bond donors (Lipinski definition) is 2. The van der Waals surface area contributed by atoms with Crippen molar-refractivity contribution in [2.75, 3.05) is 0 Å². The zero-order valence-corrected chi connectivity index (χ0v) is 21.1. The lowest BCUT2D eigenvalue weighted by Gasteiger charge is -2.57. The summed E-state index contributed by atoms with van der Waals surface area (Å²) in [5, 5.41) is 22.2. The number of allylic oxidation sites excluding steroid dienone is 1. The number of carbonyl (C=O) groups excluding carboxylic acids is 1. The van der Waals surface area contributed by atoms with Gasteiger partial charge in [0.2, 0.25) is 0 Å². The van der Waals surface area contributed by atoms with Crippen LogP contribution in [0.1, 0.15) is 73.1 Å². The molecule has 0 bridgehead atoms. The summed E-state index contributed by atoms with van der Waals surface area (Å²) in [4.78, 5) is 13.3. The van der Waals surface area contributed by atoms with Crippen molar-refractivity contribution in [2.24, 2.45) is 40.4 Å². The van der Waals surface area contributed by atoms with Crippen molar-refractivity contribution >= 4 is 5.78 Å². The van der Waals surface area contributed by atoms with Crippen LogP contribution in [0.2, 0.25) is 0 Å². The van der Waals surface area contributed by atoms with Gasteiger partial charge < -0.3 is 24.4 Å². The van der Waals surface area contributed by atoms with Gasteiger partial charge in [-0.2, -0.15) is 0 Å². The van der Waals surface area contributed by atoms with Crippen molar-refractivity contribution in [3.05, 3.63) is 12.2 Å². The number of hydrogen-bond acceptors (Lipinski definition) is 6. The topological polar surface area (TPSA) is 91.8 Å². The zero-order valence-electron chi connectivity index (χ0n) is 21.1. The van der Waals surface area contributed by atoms with Crippen molar-refractivity contribution in [3.8, 4) is 0 Å². The maximum atomic E-state index is 13.3. The number of fused-ring (bicyclic) bond motifs is 5. The highest BCUT2D eigenvalue weighted by Gasteiger charge is 2.78. The molecule has 6 fully saturated rings. The Bertz CT molecular complexity index is 980. The van der Waals surface area contributed by atoms with E-state index in [4.69, 9.17) is 14.2 Å². The summed E-state index contributed by atoms with van der Waals surface area (Å²) in [6.45, 7) is 10.7. The van der Waals surface area contributed by atoms with Crippen LogP contribution >= 0.6 is 0 Å². The molecule has 0 radical (unpaired) electrons. The summed E-state index contributed by atoms with van der Waals surface area (Å²) < 4.78 is 18.4. The third-order valence-corrected chi connectivity index (χ3v) is 12.6. The zero-order chi connectivity index (χ0) is 24.1. The molecule has 188 valence electrons. The molecule has 7 rings (SSSR count). The van der Waals surface area contributed by atoms with Gasteiger partial charge in [-0.15, -0.1) is 0 Å². The Morgan fingerprint density at radius 1 is 1.12 bits per heavy atom. The molecular formula is C28H40O6. The number of aliphatic hydroxyl groups excluding tert-OH is 2. The minimum Gasteiger partial charge on any atom is -0.393 e. The number of ketones is 1. The van der Waals surface area contributed by atoms with Crippen LogP contribution in [-0.4, -0.2) is 57.4 Å². The molecule has 3 heterocycles. The number of ether oxygens (including phenoxy) is 3. The van der Waals surface area contributed by atoms with Crippen LogP contribution in [0.25, 0.3) is 0 Å². The minimum absolute atomic E-state index is 0.0147. The lowest BCUT2D eigenvalue weighted by atomic mass is 9.44. The fourth-order valence-electron chi connectivity index (χ4n) is 10.4. The largest absolute Gasteiger partial charge is 0.393 e. The SMILES string of the molecule is C[C@H](C1C[C@]2(C)O[C@]2(C)[C@H](O)O1)[C@@H]1[C@H](O)C[C@H]2[C@@H]3C[C@@H]4O[C@@]45CC=CC(=O)[C@]5(C)[C@H]3CC[C@]12C. The Morgan fingerprint density at radius 2 is 1.88 bits per heavy atom. The molecule has 0 aromatic carbocycles. The molecule has 34 heavy (non-hydrogen) atoms. The summed E-state index contributed by atoms with van der Waals surface area (Å²) >= 11 is 0. The monoisotopic (exact) mass is 472 g/mol. The molecule has 1 unspecified atom stereocenters. The van der Waals surface area contributed by atoms with Gasteiger partial charge in [0.1, 0.15) is 16.8 Å². The van der Waals surface area contributed by atoms with Crippen LogP contribution < -0.4 is 0 Å². The van der Waals surface area contributed by atoms with Gasteiger partial charge in [-0.05, 0) is 94.0 Å². The molecule has 3 saturated heterocycles. The Labute approximate surface area is 202 Å². The molecule has 6 heteroatoms.